The second-order valence-corrected chi connectivity index (χ2v) is 8.16. The van der Waals surface area contributed by atoms with Crippen LogP contribution < -0.4 is 10.1 Å². The van der Waals surface area contributed by atoms with E-state index in [0.29, 0.717) is 20.7 Å². The van der Waals surface area contributed by atoms with Crippen LogP contribution >= 0.6 is 24.0 Å². The third-order valence-electron chi connectivity index (χ3n) is 4.43. The SMILES string of the molecule is C/C(=C1/SC(=S)NC1=O)c1cc(Oc2ccccc2)cc(-c2cccc(F)c2)c1. The van der Waals surface area contributed by atoms with Gasteiger partial charge in [0.25, 0.3) is 5.91 Å². The van der Waals surface area contributed by atoms with Gasteiger partial charge in [0.2, 0.25) is 0 Å². The predicted octanol–water partition coefficient (Wildman–Crippen LogP) is 6.16. The first-order valence-corrected chi connectivity index (χ1v) is 10.1. The molecular weight excluding hydrogens is 405 g/mol. The van der Waals surface area contributed by atoms with Crippen LogP contribution in [0.4, 0.5) is 4.39 Å². The predicted molar refractivity (Wildman–Crippen MR) is 119 cm³/mol. The maximum atomic E-state index is 13.8. The molecule has 0 bridgehead atoms. The van der Waals surface area contributed by atoms with Crippen molar-refractivity contribution in [1.29, 1.82) is 0 Å². The highest BCUT2D eigenvalue weighted by Gasteiger charge is 2.25. The molecule has 1 aliphatic rings. The van der Waals surface area contributed by atoms with E-state index in [4.69, 9.17) is 17.0 Å². The van der Waals surface area contributed by atoms with E-state index in [9.17, 15) is 9.18 Å². The highest BCUT2D eigenvalue weighted by molar-refractivity contribution is 8.26. The molecular formula is C23H16FNO2S2. The number of halogens is 1. The maximum absolute atomic E-state index is 13.8. The van der Waals surface area contributed by atoms with Gasteiger partial charge in [0, 0.05) is 0 Å². The summed E-state index contributed by atoms with van der Waals surface area (Å²) in [6, 6.07) is 21.4. The van der Waals surface area contributed by atoms with Crippen LogP contribution in [0.25, 0.3) is 16.7 Å². The van der Waals surface area contributed by atoms with E-state index in [1.807, 2.05) is 61.5 Å². The van der Waals surface area contributed by atoms with Gasteiger partial charge >= 0.3 is 0 Å². The first kappa shape index (κ1) is 19.4. The number of para-hydroxylation sites is 1. The number of thioether (sulfide) groups is 1. The number of nitrogens with one attached hydrogen (secondary N) is 1. The molecule has 3 aromatic rings. The van der Waals surface area contributed by atoms with Gasteiger partial charge in [-0.3, -0.25) is 4.79 Å². The van der Waals surface area contributed by atoms with Crippen molar-refractivity contribution in [3.05, 3.63) is 89.1 Å². The lowest BCUT2D eigenvalue weighted by Gasteiger charge is -2.13. The average Bonchev–Trinajstić information content (AvgIpc) is 3.06. The van der Waals surface area contributed by atoms with Crippen molar-refractivity contribution >= 4 is 39.8 Å². The number of amides is 1. The molecule has 4 rings (SSSR count). The molecule has 0 unspecified atom stereocenters. The second-order valence-electron chi connectivity index (χ2n) is 6.47. The quantitative estimate of drug-likeness (QED) is 0.404. The zero-order valence-electron chi connectivity index (χ0n) is 15.4. The van der Waals surface area contributed by atoms with Gasteiger partial charge in [0.15, 0.2) is 0 Å². The van der Waals surface area contributed by atoms with Crippen LogP contribution in [0.15, 0.2) is 77.7 Å². The lowest BCUT2D eigenvalue weighted by Crippen LogP contribution is -2.18. The summed E-state index contributed by atoms with van der Waals surface area (Å²) in [6.45, 7) is 1.87. The molecule has 29 heavy (non-hydrogen) atoms. The minimum atomic E-state index is -0.315. The summed E-state index contributed by atoms with van der Waals surface area (Å²) >= 11 is 6.34. The first-order chi connectivity index (χ1) is 14.0. The average molecular weight is 422 g/mol. The minimum Gasteiger partial charge on any atom is -0.457 e. The summed E-state index contributed by atoms with van der Waals surface area (Å²) in [4.78, 5) is 12.8. The van der Waals surface area contributed by atoms with Crippen molar-refractivity contribution in [2.45, 2.75) is 6.92 Å². The van der Waals surface area contributed by atoms with Crippen LogP contribution in [0, 0.1) is 5.82 Å². The summed E-state index contributed by atoms with van der Waals surface area (Å²) in [5, 5.41) is 2.64. The molecule has 1 fully saturated rings. The van der Waals surface area contributed by atoms with Crippen molar-refractivity contribution in [2.75, 3.05) is 0 Å². The lowest BCUT2D eigenvalue weighted by molar-refractivity contribution is -0.115. The largest absolute Gasteiger partial charge is 0.457 e. The number of carbonyl (C=O) groups excluding carboxylic acids is 1. The normalized spacial score (nSPS) is 15.2. The summed E-state index contributed by atoms with van der Waals surface area (Å²) in [6.07, 6.45) is 0. The number of allylic oxidation sites excluding steroid dienone is 1. The fourth-order valence-corrected chi connectivity index (χ4v) is 4.11. The Kier molecular flexibility index (Phi) is 5.47. The fraction of sp³-hybridized carbons (Fsp3) is 0.0435. The fourth-order valence-electron chi connectivity index (χ4n) is 3.03. The standard InChI is InChI=1S/C23H16FNO2S2/c1-14(21-22(26)25-23(28)29-21)16-10-17(15-6-5-7-18(24)11-15)13-20(12-16)27-19-8-3-2-4-9-19/h2-13H,1H3,(H,25,26,28)/b21-14-. The third-order valence-corrected chi connectivity index (χ3v) is 5.77. The zero-order chi connectivity index (χ0) is 20.4. The highest BCUT2D eigenvalue weighted by atomic mass is 32.2. The van der Waals surface area contributed by atoms with Crippen molar-refractivity contribution in [3.63, 3.8) is 0 Å². The molecule has 0 spiro atoms. The van der Waals surface area contributed by atoms with Crippen molar-refractivity contribution in [1.82, 2.24) is 5.32 Å². The Hall–Kier alpha value is -2.96. The Morgan fingerprint density at radius 1 is 0.966 bits per heavy atom. The Balaban J connectivity index is 1.83. The van der Waals surface area contributed by atoms with Crippen LogP contribution in [0.5, 0.6) is 11.5 Å². The number of ether oxygens (including phenoxy) is 1. The molecule has 3 aromatic carbocycles. The van der Waals surface area contributed by atoms with Gasteiger partial charge < -0.3 is 10.1 Å². The van der Waals surface area contributed by atoms with Crippen LogP contribution in [0.2, 0.25) is 0 Å². The van der Waals surface area contributed by atoms with Crippen molar-refractivity contribution in [2.24, 2.45) is 0 Å². The molecule has 6 heteroatoms. The monoisotopic (exact) mass is 421 g/mol. The number of rotatable bonds is 4. The smallest absolute Gasteiger partial charge is 0.263 e. The second kappa shape index (κ2) is 8.19. The maximum Gasteiger partial charge on any atom is 0.263 e. The van der Waals surface area contributed by atoms with E-state index in [0.717, 1.165) is 22.3 Å². The summed E-state index contributed by atoms with van der Waals surface area (Å²) in [5.41, 5.74) is 3.10. The van der Waals surface area contributed by atoms with Gasteiger partial charge in [-0.1, -0.05) is 54.3 Å². The number of carbonyl (C=O) groups is 1. The van der Waals surface area contributed by atoms with Gasteiger partial charge in [-0.15, -0.1) is 0 Å². The molecule has 0 radical (unpaired) electrons. The molecule has 3 nitrogen and oxygen atoms in total. The third kappa shape index (κ3) is 4.39. The Morgan fingerprint density at radius 2 is 1.76 bits per heavy atom. The highest BCUT2D eigenvalue weighted by Crippen LogP contribution is 2.36. The van der Waals surface area contributed by atoms with E-state index in [1.54, 1.807) is 6.07 Å². The molecule has 0 saturated carbocycles. The van der Waals surface area contributed by atoms with E-state index < -0.39 is 0 Å². The molecule has 0 aliphatic carbocycles. The minimum absolute atomic E-state index is 0.209. The van der Waals surface area contributed by atoms with Crippen LogP contribution in [-0.2, 0) is 4.79 Å². The number of benzene rings is 3. The van der Waals surface area contributed by atoms with Gasteiger partial charge in [0.05, 0.1) is 4.91 Å². The van der Waals surface area contributed by atoms with E-state index in [-0.39, 0.29) is 11.7 Å². The lowest BCUT2D eigenvalue weighted by atomic mass is 9.98. The summed E-state index contributed by atoms with van der Waals surface area (Å²) in [7, 11) is 0. The molecule has 144 valence electrons. The van der Waals surface area contributed by atoms with Crippen LogP contribution in [-0.4, -0.2) is 10.2 Å². The Bertz CT molecular complexity index is 1140. The molecule has 1 aliphatic heterocycles. The van der Waals surface area contributed by atoms with Gasteiger partial charge in [-0.25, -0.2) is 4.39 Å². The van der Waals surface area contributed by atoms with Crippen LogP contribution in [0.1, 0.15) is 12.5 Å². The van der Waals surface area contributed by atoms with Crippen molar-refractivity contribution in [3.8, 4) is 22.6 Å². The van der Waals surface area contributed by atoms with E-state index in [2.05, 4.69) is 5.32 Å². The van der Waals surface area contributed by atoms with Gasteiger partial charge in [-0.05, 0) is 71.7 Å². The van der Waals surface area contributed by atoms with Gasteiger partial charge in [0.1, 0.15) is 21.6 Å². The summed E-state index contributed by atoms with van der Waals surface area (Å²) in [5.74, 6) is 0.761. The molecule has 1 heterocycles. The van der Waals surface area contributed by atoms with Crippen LogP contribution in [0.3, 0.4) is 0 Å². The molecule has 0 atom stereocenters. The Morgan fingerprint density at radius 3 is 2.45 bits per heavy atom. The molecule has 1 amide bonds. The van der Waals surface area contributed by atoms with Crippen molar-refractivity contribution < 1.29 is 13.9 Å². The first-order valence-electron chi connectivity index (χ1n) is 8.88. The Labute approximate surface area is 177 Å². The molecule has 1 saturated heterocycles. The molecule has 1 N–H and O–H groups in total. The molecule has 0 aromatic heterocycles. The van der Waals surface area contributed by atoms with E-state index in [1.165, 1.54) is 23.9 Å². The summed E-state index contributed by atoms with van der Waals surface area (Å²) < 4.78 is 20.2. The van der Waals surface area contributed by atoms with E-state index >= 15 is 0 Å². The number of thiocarbonyl (C=S) groups is 1. The topological polar surface area (TPSA) is 38.3 Å². The number of hydrogen-bond acceptors (Lipinski definition) is 4. The number of hydrogen-bond donors (Lipinski definition) is 1. The zero-order valence-corrected chi connectivity index (χ0v) is 17.1. The van der Waals surface area contributed by atoms with Gasteiger partial charge in [-0.2, -0.15) is 0 Å².